The normalized spacial score (nSPS) is 19.3. The highest BCUT2D eigenvalue weighted by molar-refractivity contribution is 7.01. The van der Waals surface area contributed by atoms with Crippen molar-refractivity contribution in [3.63, 3.8) is 0 Å². The van der Waals surface area contributed by atoms with Gasteiger partial charge in [-0.3, -0.25) is 4.90 Å². The van der Waals surface area contributed by atoms with Crippen LogP contribution >= 0.6 is 0 Å². The molecule has 6 aromatic rings. The molecule has 0 radical (unpaired) electrons. The van der Waals surface area contributed by atoms with Crippen LogP contribution in [0.25, 0.3) is 11.0 Å². The van der Waals surface area contributed by atoms with Gasteiger partial charge in [0.2, 0.25) is 5.88 Å². The summed E-state index contributed by atoms with van der Waals surface area (Å²) < 4.78 is 7.13. The van der Waals surface area contributed by atoms with Crippen LogP contribution in [0.15, 0.2) is 89.3 Å². The van der Waals surface area contributed by atoms with Gasteiger partial charge in [-0.2, -0.15) is 0 Å². The SMILES string of the molecule is Cc1cc2c3c(c1)N(c1ccc(C(C)(C)C)cc1C)c1oc4ccccc4c1B3c1cc3c(cc1N2c1ccc2c(c1)C(C)(C)CCC2(C)C)C(C)(C)CCC3(C)C. The molecule has 0 unspecified atom stereocenters. The highest BCUT2D eigenvalue weighted by Gasteiger charge is 2.49. The van der Waals surface area contributed by atoms with Crippen LogP contribution < -0.4 is 26.2 Å². The number of benzene rings is 5. The van der Waals surface area contributed by atoms with E-state index in [0.29, 0.717) is 0 Å². The molecule has 2 aliphatic carbocycles. The average molecular weight is 765 g/mol. The van der Waals surface area contributed by atoms with E-state index in [1.807, 2.05) is 0 Å². The van der Waals surface area contributed by atoms with Crippen LogP contribution in [0.1, 0.15) is 141 Å². The van der Waals surface area contributed by atoms with Crippen LogP contribution in [0.3, 0.4) is 0 Å². The fourth-order valence-electron chi connectivity index (χ4n) is 11.3. The first-order valence-corrected chi connectivity index (χ1v) is 21.9. The van der Waals surface area contributed by atoms with Crippen molar-refractivity contribution in [2.75, 3.05) is 9.80 Å². The van der Waals surface area contributed by atoms with Crippen LogP contribution in [0.2, 0.25) is 0 Å². The maximum atomic E-state index is 7.13. The summed E-state index contributed by atoms with van der Waals surface area (Å²) in [6.07, 6.45) is 4.74. The van der Waals surface area contributed by atoms with Crippen molar-refractivity contribution in [3.8, 4) is 0 Å². The Hall–Kier alpha value is -4.70. The summed E-state index contributed by atoms with van der Waals surface area (Å²) in [7, 11) is 0. The number of nitrogens with zero attached hydrogens (tertiary/aromatic N) is 2. The number of hydrogen-bond acceptors (Lipinski definition) is 3. The van der Waals surface area contributed by atoms with Crippen molar-refractivity contribution >= 4 is 68.4 Å². The lowest BCUT2D eigenvalue weighted by Crippen LogP contribution is -2.61. The van der Waals surface area contributed by atoms with E-state index < -0.39 is 0 Å². The molecule has 0 atom stereocenters. The molecule has 10 rings (SSSR count). The van der Waals surface area contributed by atoms with Crippen molar-refractivity contribution in [1.82, 2.24) is 0 Å². The van der Waals surface area contributed by atoms with Gasteiger partial charge in [-0.1, -0.05) is 119 Å². The van der Waals surface area contributed by atoms with E-state index in [0.717, 1.165) is 11.5 Å². The van der Waals surface area contributed by atoms with Crippen LogP contribution in [-0.2, 0) is 27.1 Å². The van der Waals surface area contributed by atoms with E-state index in [2.05, 4.69) is 185 Å². The molecule has 5 aromatic carbocycles. The summed E-state index contributed by atoms with van der Waals surface area (Å²) in [5.74, 6) is 0.941. The summed E-state index contributed by atoms with van der Waals surface area (Å²) in [5, 5.41) is 1.20. The summed E-state index contributed by atoms with van der Waals surface area (Å²) >= 11 is 0. The summed E-state index contributed by atoms with van der Waals surface area (Å²) in [5.41, 5.74) is 21.4. The van der Waals surface area contributed by atoms with E-state index in [9.17, 15) is 0 Å². The molecule has 0 saturated carbocycles. The second-order valence-electron chi connectivity index (χ2n) is 22.1. The molecule has 3 heterocycles. The quantitative estimate of drug-likeness (QED) is 0.163. The predicted molar refractivity (Wildman–Crippen MR) is 249 cm³/mol. The first kappa shape index (κ1) is 37.6. The van der Waals surface area contributed by atoms with E-state index >= 15 is 0 Å². The number of para-hydroxylation sites is 1. The zero-order chi connectivity index (χ0) is 41.1. The molecule has 4 heteroatoms. The summed E-state index contributed by atoms with van der Waals surface area (Å²) in [4.78, 5) is 5.13. The summed E-state index contributed by atoms with van der Waals surface area (Å²) in [6, 6.07) is 33.4. The highest BCUT2D eigenvalue weighted by Crippen LogP contribution is 2.53. The minimum atomic E-state index is 0.0000415. The standard InChI is InChI=1S/C54H61BN2O/c1-32-26-44-48-45(27-32)57(42-21-18-34(28-33(42)2)50(3,4)5)49-47(36-16-14-15-17-46(36)58-49)55(48)41-30-39-40(54(12,13)25-24-53(39,10)11)31-43(41)56(44)35-19-20-37-38(29-35)52(8,9)23-22-51(37,6)7/h14-21,26-31H,22-25H2,1-13H3. The Morgan fingerprint density at radius 3 is 1.78 bits per heavy atom. The summed E-state index contributed by atoms with van der Waals surface area (Å²) in [6.45, 7) is 31.1. The highest BCUT2D eigenvalue weighted by atomic mass is 16.4. The average Bonchev–Trinajstić information content (AvgIpc) is 3.54. The molecule has 0 spiro atoms. The molecule has 2 aliphatic heterocycles. The minimum Gasteiger partial charge on any atom is -0.440 e. The molecule has 296 valence electrons. The molecule has 0 saturated heterocycles. The third-order valence-electron chi connectivity index (χ3n) is 15.1. The second-order valence-corrected chi connectivity index (χ2v) is 22.1. The van der Waals surface area contributed by atoms with Gasteiger partial charge < -0.3 is 9.32 Å². The molecule has 0 N–H and O–H groups in total. The molecule has 58 heavy (non-hydrogen) atoms. The van der Waals surface area contributed by atoms with Gasteiger partial charge in [-0.25, -0.2) is 0 Å². The molecular weight excluding hydrogens is 703 g/mol. The molecule has 0 bridgehead atoms. The topological polar surface area (TPSA) is 19.6 Å². The Kier molecular flexibility index (Phi) is 7.74. The van der Waals surface area contributed by atoms with Crippen molar-refractivity contribution in [2.45, 2.75) is 143 Å². The lowest BCUT2D eigenvalue weighted by molar-refractivity contribution is 0.332. The Morgan fingerprint density at radius 1 is 0.552 bits per heavy atom. The van der Waals surface area contributed by atoms with Gasteiger partial charge in [-0.05, 0) is 159 Å². The molecule has 3 nitrogen and oxygen atoms in total. The van der Waals surface area contributed by atoms with Crippen molar-refractivity contribution < 1.29 is 4.42 Å². The smallest absolute Gasteiger partial charge is 0.257 e. The van der Waals surface area contributed by atoms with Crippen LogP contribution in [0.5, 0.6) is 0 Å². The predicted octanol–water partition coefficient (Wildman–Crippen LogP) is 13.1. The lowest BCUT2D eigenvalue weighted by Gasteiger charge is -2.47. The van der Waals surface area contributed by atoms with E-state index in [1.54, 1.807) is 0 Å². The lowest BCUT2D eigenvalue weighted by atomic mass is 9.33. The largest absolute Gasteiger partial charge is 0.440 e. The van der Waals surface area contributed by atoms with Gasteiger partial charge in [-0.15, -0.1) is 0 Å². The fraction of sp³-hybridized carbons (Fsp3) is 0.407. The zero-order valence-corrected chi connectivity index (χ0v) is 37.3. The van der Waals surface area contributed by atoms with Gasteiger partial charge in [0.25, 0.3) is 6.71 Å². The van der Waals surface area contributed by atoms with Gasteiger partial charge >= 0.3 is 0 Å². The van der Waals surface area contributed by atoms with E-state index in [1.165, 1.54) is 115 Å². The molecule has 0 amide bonds. The number of rotatable bonds is 2. The fourth-order valence-corrected chi connectivity index (χ4v) is 11.3. The third-order valence-corrected chi connectivity index (χ3v) is 15.1. The van der Waals surface area contributed by atoms with Crippen molar-refractivity contribution in [2.24, 2.45) is 0 Å². The zero-order valence-electron chi connectivity index (χ0n) is 37.3. The van der Waals surface area contributed by atoms with E-state index in [4.69, 9.17) is 4.42 Å². The van der Waals surface area contributed by atoms with Crippen LogP contribution in [0.4, 0.5) is 34.3 Å². The van der Waals surface area contributed by atoms with E-state index in [-0.39, 0.29) is 33.8 Å². The number of aryl methyl sites for hydroxylation is 2. The van der Waals surface area contributed by atoms with Crippen LogP contribution in [0, 0.1) is 13.8 Å². The van der Waals surface area contributed by atoms with Crippen LogP contribution in [-0.4, -0.2) is 6.71 Å². The maximum absolute atomic E-state index is 7.13. The van der Waals surface area contributed by atoms with Gasteiger partial charge in [0.1, 0.15) is 5.58 Å². The number of hydrogen-bond donors (Lipinski definition) is 0. The van der Waals surface area contributed by atoms with Gasteiger partial charge in [0.05, 0.1) is 5.69 Å². The first-order valence-electron chi connectivity index (χ1n) is 21.9. The van der Waals surface area contributed by atoms with Gasteiger partial charge in [0.15, 0.2) is 0 Å². The maximum Gasteiger partial charge on any atom is 0.257 e. The Morgan fingerprint density at radius 2 is 1.14 bits per heavy atom. The number of fused-ring (bicyclic) bond motifs is 8. The minimum absolute atomic E-state index is 0.0000415. The number of furan rings is 1. The number of anilines is 6. The third kappa shape index (κ3) is 5.31. The van der Waals surface area contributed by atoms with Gasteiger partial charge in [0, 0.05) is 33.6 Å². The molecular formula is C54H61BN2O. The Bertz CT molecular complexity index is 2720. The molecule has 0 fully saturated rings. The first-order chi connectivity index (χ1) is 27.2. The molecule has 4 aliphatic rings. The second kappa shape index (κ2) is 12.0. The molecule has 1 aromatic heterocycles. The Balaban J connectivity index is 1.33. The monoisotopic (exact) mass is 764 g/mol. The van der Waals surface area contributed by atoms with Crippen molar-refractivity contribution in [3.05, 3.63) is 124 Å². The van der Waals surface area contributed by atoms with Crippen molar-refractivity contribution in [1.29, 1.82) is 0 Å². The Labute approximate surface area is 347 Å².